The first-order chi connectivity index (χ1) is 9.86. The Morgan fingerprint density at radius 3 is 2.43 bits per heavy atom. The van der Waals surface area contributed by atoms with Crippen molar-refractivity contribution in [1.29, 1.82) is 0 Å². The Bertz CT molecular complexity index is 594. The van der Waals surface area contributed by atoms with Crippen molar-refractivity contribution in [2.75, 3.05) is 19.6 Å². The molecule has 2 rings (SSSR count). The molecule has 0 bridgehead atoms. The fraction of sp³-hybridized carbons (Fsp3) is 0.600. The number of sulfonamides is 1. The molecule has 1 aromatic carbocycles. The number of hydrogen-bond donors (Lipinski definition) is 1. The highest BCUT2D eigenvalue weighted by atomic mass is 79.9. The molecule has 2 unspecified atom stereocenters. The average Bonchev–Trinajstić information content (AvgIpc) is 2.77. The SMILES string of the molecule is CCNCc1ccc(S(=O)(=O)N2CC(C)C(C)C2)c(Br)c1. The summed E-state index contributed by atoms with van der Waals surface area (Å²) in [6.45, 7) is 9.10. The number of nitrogens with one attached hydrogen (secondary N) is 1. The Kier molecular flexibility index (Phi) is 5.46. The van der Waals surface area contributed by atoms with Gasteiger partial charge in [-0.2, -0.15) is 4.31 Å². The van der Waals surface area contributed by atoms with Gasteiger partial charge in [0.1, 0.15) is 0 Å². The number of rotatable bonds is 5. The predicted molar refractivity (Wildman–Crippen MR) is 88.6 cm³/mol. The van der Waals surface area contributed by atoms with Gasteiger partial charge in [-0.25, -0.2) is 8.42 Å². The van der Waals surface area contributed by atoms with Crippen molar-refractivity contribution in [3.05, 3.63) is 28.2 Å². The maximum absolute atomic E-state index is 12.8. The molecule has 0 amide bonds. The number of halogens is 1. The lowest BCUT2D eigenvalue weighted by molar-refractivity contribution is 0.463. The van der Waals surface area contributed by atoms with E-state index in [9.17, 15) is 8.42 Å². The Balaban J connectivity index is 2.24. The summed E-state index contributed by atoms with van der Waals surface area (Å²) in [5, 5.41) is 3.24. The second-order valence-corrected chi connectivity index (χ2v) is 8.58. The van der Waals surface area contributed by atoms with Crippen molar-refractivity contribution in [3.63, 3.8) is 0 Å². The van der Waals surface area contributed by atoms with Crippen molar-refractivity contribution in [3.8, 4) is 0 Å². The van der Waals surface area contributed by atoms with Gasteiger partial charge in [0.2, 0.25) is 10.0 Å². The van der Waals surface area contributed by atoms with E-state index in [0.29, 0.717) is 34.3 Å². The summed E-state index contributed by atoms with van der Waals surface area (Å²) in [4.78, 5) is 0.365. The fourth-order valence-corrected chi connectivity index (χ4v) is 5.27. The summed E-state index contributed by atoms with van der Waals surface area (Å²) in [5.74, 6) is 0.818. The van der Waals surface area contributed by atoms with Crippen LogP contribution in [0.15, 0.2) is 27.6 Å². The highest BCUT2D eigenvalue weighted by Gasteiger charge is 2.35. The molecule has 1 saturated heterocycles. The second kappa shape index (κ2) is 6.77. The molecule has 1 aliphatic rings. The molecule has 0 aliphatic carbocycles. The standard InChI is InChI=1S/C15H23BrN2O2S/c1-4-17-8-13-5-6-15(14(16)7-13)21(19,20)18-9-11(2)12(3)10-18/h5-7,11-12,17H,4,8-10H2,1-3H3. The maximum Gasteiger partial charge on any atom is 0.244 e. The van der Waals surface area contributed by atoms with Gasteiger partial charge in [0.15, 0.2) is 0 Å². The maximum atomic E-state index is 12.8. The van der Waals surface area contributed by atoms with Crippen LogP contribution in [0.5, 0.6) is 0 Å². The molecule has 118 valence electrons. The minimum Gasteiger partial charge on any atom is -0.313 e. The zero-order valence-electron chi connectivity index (χ0n) is 12.8. The number of nitrogens with zero attached hydrogens (tertiary/aromatic N) is 1. The Labute approximate surface area is 136 Å². The van der Waals surface area contributed by atoms with Crippen LogP contribution in [-0.2, 0) is 16.6 Å². The Morgan fingerprint density at radius 1 is 1.29 bits per heavy atom. The highest BCUT2D eigenvalue weighted by Crippen LogP contribution is 2.31. The molecule has 0 saturated carbocycles. The molecule has 0 spiro atoms. The molecular weight excluding hydrogens is 352 g/mol. The lowest BCUT2D eigenvalue weighted by Gasteiger charge is -2.17. The van der Waals surface area contributed by atoms with Crippen molar-refractivity contribution in [1.82, 2.24) is 9.62 Å². The van der Waals surface area contributed by atoms with E-state index in [1.54, 1.807) is 10.4 Å². The Morgan fingerprint density at radius 2 is 1.90 bits per heavy atom. The molecule has 4 nitrogen and oxygen atoms in total. The van der Waals surface area contributed by atoms with Crippen molar-refractivity contribution in [2.45, 2.75) is 32.2 Å². The molecule has 1 fully saturated rings. The van der Waals surface area contributed by atoms with E-state index in [2.05, 4.69) is 35.1 Å². The van der Waals surface area contributed by atoms with Gasteiger partial charge in [0, 0.05) is 24.1 Å². The lowest BCUT2D eigenvalue weighted by atomic mass is 10.0. The predicted octanol–water partition coefficient (Wildman–Crippen LogP) is 2.84. The molecule has 1 heterocycles. The van der Waals surface area contributed by atoms with E-state index in [1.165, 1.54) is 0 Å². The Hall–Kier alpha value is -0.430. The van der Waals surface area contributed by atoms with Gasteiger partial charge < -0.3 is 5.32 Å². The zero-order valence-corrected chi connectivity index (χ0v) is 15.2. The fourth-order valence-electron chi connectivity index (χ4n) is 2.55. The summed E-state index contributed by atoms with van der Waals surface area (Å²) in [6, 6.07) is 5.47. The third-order valence-electron chi connectivity index (χ3n) is 4.15. The molecule has 21 heavy (non-hydrogen) atoms. The minimum atomic E-state index is -3.41. The van der Waals surface area contributed by atoms with E-state index in [1.807, 2.05) is 19.1 Å². The first-order valence-electron chi connectivity index (χ1n) is 7.35. The van der Waals surface area contributed by atoms with Crippen LogP contribution in [0.25, 0.3) is 0 Å². The largest absolute Gasteiger partial charge is 0.313 e. The van der Waals surface area contributed by atoms with Crippen molar-refractivity contribution in [2.24, 2.45) is 11.8 Å². The van der Waals surface area contributed by atoms with Gasteiger partial charge in [-0.3, -0.25) is 0 Å². The summed E-state index contributed by atoms with van der Waals surface area (Å²) in [7, 11) is -3.41. The smallest absolute Gasteiger partial charge is 0.244 e. The van der Waals surface area contributed by atoms with Crippen molar-refractivity contribution < 1.29 is 8.42 Å². The van der Waals surface area contributed by atoms with Crippen LogP contribution in [0.1, 0.15) is 26.3 Å². The van der Waals surface area contributed by atoms with Crippen LogP contribution in [0, 0.1) is 11.8 Å². The molecular formula is C15H23BrN2O2S. The van der Waals surface area contributed by atoms with E-state index in [-0.39, 0.29) is 0 Å². The number of benzene rings is 1. The molecule has 1 N–H and O–H groups in total. The molecule has 6 heteroatoms. The van der Waals surface area contributed by atoms with Gasteiger partial charge in [0.05, 0.1) is 4.90 Å². The number of hydrogen-bond acceptors (Lipinski definition) is 3. The van der Waals surface area contributed by atoms with Crippen LogP contribution in [0.3, 0.4) is 0 Å². The molecule has 0 aromatic heterocycles. The summed E-state index contributed by atoms with van der Waals surface area (Å²) in [6.07, 6.45) is 0. The average molecular weight is 375 g/mol. The van der Waals surface area contributed by atoms with Crippen LogP contribution < -0.4 is 5.32 Å². The van der Waals surface area contributed by atoms with Crippen LogP contribution in [-0.4, -0.2) is 32.4 Å². The molecule has 1 aliphatic heterocycles. The monoisotopic (exact) mass is 374 g/mol. The second-order valence-electron chi connectivity index (χ2n) is 5.82. The van der Waals surface area contributed by atoms with Gasteiger partial charge in [0.25, 0.3) is 0 Å². The van der Waals surface area contributed by atoms with E-state index >= 15 is 0 Å². The first kappa shape index (κ1) is 16.9. The van der Waals surface area contributed by atoms with Crippen LogP contribution in [0.2, 0.25) is 0 Å². The van der Waals surface area contributed by atoms with Crippen LogP contribution in [0.4, 0.5) is 0 Å². The summed E-state index contributed by atoms with van der Waals surface area (Å²) < 4.78 is 27.8. The highest BCUT2D eigenvalue weighted by molar-refractivity contribution is 9.10. The van der Waals surface area contributed by atoms with E-state index in [0.717, 1.165) is 18.7 Å². The molecule has 1 aromatic rings. The quantitative estimate of drug-likeness (QED) is 0.861. The van der Waals surface area contributed by atoms with Crippen LogP contribution >= 0.6 is 15.9 Å². The van der Waals surface area contributed by atoms with Gasteiger partial charge in [-0.15, -0.1) is 0 Å². The molecule has 0 radical (unpaired) electrons. The summed E-state index contributed by atoms with van der Waals surface area (Å²) >= 11 is 3.42. The normalized spacial score (nSPS) is 23.6. The molecule has 2 atom stereocenters. The summed E-state index contributed by atoms with van der Waals surface area (Å²) in [5.41, 5.74) is 1.07. The first-order valence-corrected chi connectivity index (χ1v) is 9.58. The van der Waals surface area contributed by atoms with Gasteiger partial charge >= 0.3 is 0 Å². The topological polar surface area (TPSA) is 49.4 Å². The van der Waals surface area contributed by atoms with Gasteiger partial charge in [-0.1, -0.05) is 26.8 Å². The van der Waals surface area contributed by atoms with Crippen molar-refractivity contribution >= 4 is 26.0 Å². The lowest BCUT2D eigenvalue weighted by Crippen LogP contribution is -2.29. The zero-order chi connectivity index (χ0) is 15.6. The van der Waals surface area contributed by atoms with E-state index in [4.69, 9.17) is 0 Å². The van der Waals surface area contributed by atoms with E-state index < -0.39 is 10.0 Å². The minimum absolute atomic E-state index is 0.365. The third kappa shape index (κ3) is 3.67. The third-order valence-corrected chi connectivity index (χ3v) is 6.96. The van der Waals surface area contributed by atoms with Gasteiger partial charge in [-0.05, 0) is 52.0 Å².